The number of aliphatic hydroxyl groups is 1. The van der Waals surface area contributed by atoms with E-state index in [-0.39, 0.29) is 11.5 Å². The Morgan fingerprint density at radius 1 is 1.14 bits per heavy atom. The Morgan fingerprint density at radius 3 is 2.50 bits per heavy atom. The van der Waals surface area contributed by atoms with Crippen molar-refractivity contribution in [3.05, 3.63) is 76.2 Å². The Kier molecular flexibility index (Phi) is 7.98. The van der Waals surface area contributed by atoms with Gasteiger partial charge in [-0.3, -0.25) is 4.18 Å². The van der Waals surface area contributed by atoms with E-state index >= 15 is 0 Å². The van der Waals surface area contributed by atoms with Crippen LogP contribution in [0.1, 0.15) is 25.0 Å². The van der Waals surface area contributed by atoms with Crippen LogP contribution < -0.4 is 0 Å². The van der Waals surface area contributed by atoms with E-state index in [4.69, 9.17) is 28.7 Å². The molecular formula is C24H29N3O8S. The lowest BCUT2D eigenvalue weighted by Gasteiger charge is -2.30. The summed E-state index contributed by atoms with van der Waals surface area (Å²) in [6.07, 6.45) is -4.80. The fraction of sp³-hybridized carbons (Fsp3) is 0.500. The van der Waals surface area contributed by atoms with Crippen LogP contribution in [0.2, 0.25) is 0 Å². The maximum atomic E-state index is 12.6. The minimum Gasteiger partial charge on any atom is -0.390 e. The Balaban J connectivity index is 1.50. The summed E-state index contributed by atoms with van der Waals surface area (Å²) in [6, 6.07) is 14.2. The number of nitrogens with zero attached hydrogens (tertiary/aromatic N) is 3. The maximum Gasteiger partial charge on any atom is 0.296 e. The van der Waals surface area contributed by atoms with Crippen molar-refractivity contribution in [2.45, 2.75) is 74.8 Å². The molecular weight excluding hydrogens is 490 g/mol. The monoisotopic (exact) mass is 519 g/mol. The summed E-state index contributed by atoms with van der Waals surface area (Å²) in [5, 5.41) is 14.7. The van der Waals surface area contributed by atoms with Crippen molar-refractivity contribution >= 4 is 10.1 Å². The summed E-state index contributed by atoms with van der Waals surface area (Å²) in [5.41, 5.74) is 10.9. The van der Waals surface area contributed by atoms with Crippen LogP contribution in [0.15, 0.2) is 64.6 Å². The van der Waals surface area contributed by atoms with Gasteiger partial charge in [0, 0.05) is 4.91 Å². The second-order valence-corrected chi connectivity index (χ2v) is 10.8. The molecule has 2 fully saturated rings. The molecule has 2 aromatic carbocycles. The highest BCUT2D eigenvalue weighted by molar-refractivity contribution is 7.86. The van der Waals surface area contributed by atoms with E-state index in [2.05, 4.69) is 10.0 Å². The predicted molar refractivity (Wildman–Crippen MR) is 127 cm³/mol. The third kappa shape index (κ3) is 6.05. The Bertz CT molecular complexity index is 1190. The second kappa shape index (κ2) is 10.8. The zero-order valence-electron chi connectivity index (χ0n) is 20.1. The van der Waals surface area contributed by atoms with Gasteiger partial charge < -0.3 is 24.1 Å². The molecule has 2 saturated heterocycles. The van der Waals surface area contributed by atoms with Crippen LogP contribution in [0.4, 0.5) is 0 Å². The van der Waals surface area contributed by atoms with Crippen LogP contribution in [0.3, 0.4) is 0 Å². The smallest absolute Gasteiger partial charge is 0.296 e. The molecule has 0 aliphatic carbocycles. The average Bonchev–Trinajstić information content (AvgIpc) is 3.32. The molecule has 11 nitrogen and oxygen atoms in total. The predicted octanol–water partition coefficient (Wildman–Crippen LogP) is 3.20. The molecule has 0 unspecified atom stereocenters. The van der Waals surface area contributed by atoms with Gasteiger partial charge in [0.1, 0.15) is 18.3 Å². The third-order valence-electron chi connectivity index (χ3n) is 5.95. The molecule has 194 valence electrons. The number of benzene rings is 2. The fourth-order valence-corrected chi connectivity index (χ4v) is 5.08. The van der Waals surface area contributed by atoms with Crippen molar-refractivity contribution in [1.82, 2.24) is 0 Å². The van der Waals surface area contributed by atoms with Gasteiger partial charge in [0.25, 0.3) is 10.1 Å². The molecule has 12 heteroatoms. The highest BCUT2D eigenvalue weighted by Crippen LogP contribution is 2.40. The van der Waals surface area contributed by atoms with E-state index in [0.717, 1.165) is 11.1 Å². The number of fused-ring (bicyclic) bond motifs is 1. The summed E-state index contributed by atoms with van der Waals surface area (Å²) in [5.74, 6) is -0.922. The zero-order chi connectivity index (χ0) is 25.9. The quantitative estimate of drug-likeness (QED) is 0.218. The molecule has 2 aliphatic rings. The second-order valence-electron chi connectivity index (χ2n) is 9.15. The van der Waals surface area contributed by atoms with Crippen LogP contribution in [-0.4, -0.2) is 62.7 Å². The molecule has 0 bridgehead atoms. The summed E-state index contributed by atoms with van der Waals surface area (Å²) in [6.45, 7) is 4.90. The third-order valence-corrected chi connectivity index (χ3v) is 7.24. The highest BCUT2D eigenvalue weighted by Gasteiger charge is 2.57. The average molecular weight is 520 g/mol. The molecule has 0 amide bonds. The van der Waals surface area contributed by atoms with Gasteiger partial charge in [-0.15, -0.1) is 0 Å². The number of rotatable bonds is 10. The Morgan fingerprint density at radius 2 is 1.83 bits per heavy atom. The van der Waals surface area contributed by atoms with Crippen LogP contribution in [-0.2, 0) is 39.9 Å². The van der Waals surface area contributed by atoms with Crippen molar-refractivity contribution in [1.29, 1.82) is 0 Å². The molecule has 6 atom stereocenters. The van der Waals surface area contributed by atoms with E-state index in [1.165, 1.54) is 12.1 Å². The maximum absolute atomic E-state index is 12.6. The molecule has 2 aliphatic heterocycles. The van der Waals surface area contributed by atoms with Crippen LogP contribution in [0, 0.1) is 6.92 Å². The first kappa shape index (κ1) is 26.5. The SMILES string of the molecule is Cc1ccc(S(=O)(=O)OC[C@@H](N=[N+]=[N-])[C@H](O)[C@H]2O[C@@H]3OC(C)(C)O[C@@H]3[C@H]2OCc2ccccc2)cc1. The lowest BCUT2D eigenvalue weighted by Crippen LogP contribution is -2.48. The minimum atomic E-state index is -4.15. The van der Waals surface area contributed by atoms with E-state index in [9.17, 15) is 13.5 Å². The summed E-state index contributed by atoms with van der Waals surface area (Å²) < 4.78 is 54.1. The largest absolute Gasteiger partial charge is 0.390 e. The molecule has 0 aromatic heterocycles. The van der Waals surface area contributed by atoms with Gasteiger partial charge in [-0.2, -0.15) is 8.42 Å². The lowest BCUT2D eigenvalue weighted by atomic mass is 10.0. The summed E-state index contributed by atoms with van der Waals surface area (Å²) in [7, 11) is -4.15. The van der Waals surface area contributed by atoms with Crippen LogP contribution >= 0.6 is 0 Å². The summed E-state index contributed by atoms with van der Waals surface area (Å²) in [4.78, 5) is 2.71. The molecule has 4 rings (SSSR count). The number of azide groups is 1. The van der Waals surface area contributed by atoms with Crippen molar-refractivity contribution in [2.24, 2.45) is 5.11 Å². The first-order chi connectivity index (χ1) is 17.1. The Hall–Kier alpha value is -2.54. The molecule has 36 heavy (non-hydrogen) atoms. The number of aliphatic hydroxyl groups excluding tert-OH is 1. The first-order valence-corrected chi connectivity index (χ1v) is 12.9. The van der Waals surface area contributed by atoms with Gasteiger partial charge in [0.15, 0.2) is 12.1 Å². The summed E-state index contributed by atoms with van der Waals surface area (Å²) >= 11 is 0. The molecule has 0 spiro atoms. The van der Waals surface area contributed by atoms with E-state index in [1.807, 2.05) is 37.3 Å². The van der Waals surface area contributed by atoms with E-state index < -0.39 is 59.3 Å². The number of hydrogen-bond acceptors (Lipinski definition) is 9. The van der Waals surface area contributed by atoms with Gasteiger partial charge in [-0.05, 0) is 44.0 Å². The topological polar surface area (TPSA) is 149 Å². The number of hydrogen-bond donors (Lipinski definition) is 1. The first-order valence-electron chi connectivity index (χ1n) is 11.4. The van der Waals surface area contributed by atoms with Gasteiger partial charge >= 0.3 is 0 Å². The number of ether oxygens (including phenoxy) is 4. The molecule has 0 saturated carbocycles. The molecule has 1 N–H and O–H groups in total. The standard InChI is InChI=1S/C24H29N3O8S/c1-15-9-11-17(12-10-15)36(29,30)32-14-18(26-27-25)19(28)20-21(31-13-16-7-5-4-6-8-16)22-23(33-20)35-24(2,3)34-22/h4-12,18-23,28H,13-14H2,1-3H3/t18-,19+,20-,21+,22-,23-/m1/s1. The highest BCUT2D eigenvalue weighted by atomic mass is 32.2. The van der Waals surface area contributed by atoms with Crippen LogP contribution in [0.5, 0.6) is 0 Å². The van der Waals surface area contributed by atoms with E-state index in [0.29, 0.717) is 0 Å². The van der Waals surface area contributed by atoms with Crippen molar-refractivity contribution < 1.29 is 36.7 Å². The molecule has 2 heterocycles. The van der Waals surface area contributed by atoms with Gasteiger partial charge in [0.2, 0.25) is 0 Å². The molecule has 2 aromatic rings. The normalized spacial score (nSPS) is 26.7. The van der Waals surface area contributed by atoms with Crippen molar-refractivity contribution in [3.8, 4) is 0 Å². The van der Waals surface area contributed by atoms with Gasteiger partial charge in [-0.1, -0.05) is 53.1 Å². The number of aryl methyl sites for hydroxylation is 1. The van der Waals surface area contributed by atoms with Crippen molar-refractivity contribution in [2.75, 3.05) is 6.61 Å². The van der Waals surface area contributed by atoms with Crippen molar-refractivity contribution in [3.63, 3.8) is 0 Å². The Labute approximate surface area is 209 Å². The minimum absolute atomic E-state index is 0.0537. The van der Waals surface area contributed by atoms with Gasteiger partial charge in [0.05, 0.1) is 30.3 Å². The lowest BCUT2D eigenvalue weighted by molar-refractivity contribution is -0.231. The molecule has 0 radical (unpaired) electrons. The van der Waals surface area contributed by atoms with Crippen LogP contribution in [0.25, 0.3) is 10.4 Å². The fourth-order valence-electron chi connectivity index (χ4n) is 4.15. The van der Waals surface area contributed by atoms with Gasteiger partial charge in [-0.25, -0.2) is 0 Å². The van der Waals surface area contributed by atoms with E-state index in [1.54, 1.807) is 26.0 Å². The zero-order valence-corrected chi connectivity index (χ0v) is 20.9.